The zero-order chi connectivity index (χ0) is 8.29. The SMILES string of the molecule is Cl.O=C1NC(=O)c2c1c1ccc2o1. The Morgan fingerprint density at radius 3 is 1.92 bits per heavy atom. The summed E-state index contributed by atoms with van der Waals surface area (Å²) in [4.78, 5) is 22.2. The molecule has 0 saturated heterocycles. The molecule has 0 aliphatic carbocycles. The average molecular weight is 198 g/mol. The molecule has 1 N–H and O–H groups in total. The number of furan rings is 2. The van der Waals surface area contributed by atoms with E-state index in [1.54, 1.807) is 12.1 Å². The Balaban J connectivity index is 0.000000653. The summed E-state index contributed by atoms with van der Waals surface area (Å²) in [5, 5.41) is 2.21. The van der Waals surface area contributed by atoms with E-state index < -0.39 is 0 Å². The molecule has 0 radical (unpaired) electrons. The highest BCUT2D eigenvalue weighted by molar-refractivity contribution is 6.27. The van der Waals surface area contributed by atoms with Gasteiger partial charge >= 0.3 is 0 Å². The minimum Gasteiger partial charge on any atom is -0.456 e. The van der Waals surface area contributed by atoms with Crippen molar-refractivity contribution in [3.8, 4) is 0 Å². The van der Waals surface area contributed by atoms with Gasteiger partial charge in [0.15, 0.2) is 0 Å². The van der Waals surface area contributed by atoms with Crippen LogP contribution in [-0.2, 0) is 0 Å². The number of carbonyl (C=O) groups excluding carboxylic acids is 2. The molecule has 13 heavy (non-hydrogen) atoms. The number of fused-ring (bicyclic) bond motifs is 5. The first-order valence-electron chi connectivity index (χ1n) is 3.48. The molecule has 4 nitrogen and oxygen atoms in total. The van der Waals surface area contributed by atoms with Gasteiger partial charge in [-0.05, 0) is 12.1 Å². The highest BCUT2D eigenvalue weighted by Gasteiger charge is 2.34. The quantitative estimate of drug-likeness (QED) is 0.645. The molecule has 0 spiro atoms. The number of nitrogens with one attached hydrogen (secondary N) is 1. The van der Waals surface area contributed by atoms with Crippen molar-refractivity contribution in [1.29, 1.82) is 0 Å². The number of halogens is 1. The van der Waals surface area contributed by atoms with E-state index in [0.717, 1.165) is 0 Å². The van der Waals surface area contributed by atoms with Gasteiger partial charge < -0.3 is 4.42 Å². The second-order valence-corrected chi connectivity index (χ2v) is 2.70. The molecule has 3 heterocycles. The first-order valence-corrected chi connectivity index (χ1v) is 3.48. The Kier molecular flexibility index (Phi) is 1.38. The fourth-order valence-electron chi connectivity index (χ4n) is 1.53. The molecule has 66 valence electrons. The summed E-state index contributed by atoms with van der Waals surface area (Å²) < 4.78 is 5.15. The van der Waals surface area contributed by atoms with Crippen molar-refractivity contribution in [2.75, 3.05) is 0 Å². The Hall–Kier alpha value is -1.55. The lowest BCUT2D eigenvalue weighted by Gasteiger charge is -1.85. The molecule has 1 aliphatic heterocycles. The molecule has 2 amide bonds. The highest BCUT2D eigenvalue weighted by atomic mass is 35.5. The molecule has 2 bridgehead atoms. The van der Waals surface area contributed by atoms with Crippen molar-refractivity contribution < 1.29 is 14.0 Å². The van der Waals surface area contributed by atoms with E-state index in [4.69, 9.17) is 4.42 Å². The van der Waals surface area contributed by atoms with E-state index in [-0.39, 0.29) is 24.2 Å². The van der Waals surface area contributed by atoms with Gasteiger partial charge in [0.2, 0.25) is 0 Å². The van der Waals surface area contributed by atoms with Gasteiger partial charge in [-0.2, -0.15) is 0 Å². The summed E-state index contributed by atoms with van der Waals surface area (Å²) in [6.07, 6.45) is 0. The number of carbonyl (C=O) groups is 2. The molecule has 2 aromatic heterocycles. The maximum Gasteiger partial charge on any atom is 0.262 e. The van der Waals surface area contributed by atoms with E-state index in [1.807, 2.05) is 0 Å². The minimum absolute atomic E-state index is 0. The van der Waals surface area contributed by atoms with Gasteiger partial charge in [0.1, 0.15) is 11.2 Å². The van der Waals surface area contributed by atoms with Crippen molar-refractivity contribution in [2.45, 2.75) is 0 Å². The van der Waals surface area contributed by atoms with Crippen molar-refractivity contribution in [2.24, 2.45) is 0 Å². The topological polar surface area (TPSA) is 59.3 Å². The molecule has 0 saturated carbocycles. The smallest absolute Gasteiger partial charge is 0.262 e. The highest BCUT2D eigenvalue weighted by Crippen LogP contribution is 2.31. The summed E-state index contributed by atoms with van der Waals surface area (Å²) in [6, 6.07) is 3.37. The molecule has 0 unspecified atom stereocenters. The molecular formula is C8H4ClNO3. The summed E-state index contributed by atoms with van der Waals surface area (Å²) in [7, 11) is 0. The molecule has 2 aromatic rings. The molecular weight excluding hydrogens is 194 g/mol. The standard InChI is InChI=1S/C8H3NO3.ClH/c10-7-5-3-1-2-4(12-3)6(5)8(11)9-7;/h1-2H,(H,9,10,11);1H. The molecule has 0 atom stereocenters. The number of rotatable bonds is 0. The van der Waals surface area contributed by atoms with Gasteiger partial charge in [-0.1, -0.05) is 0 Å². The summed E-state index contributed by atoms with van der Waals surface area (Å²) >= 11 is 0. The van der Waals surface area contributed by atoms with Crippen molar-refractivity contribution >= 4 is 35.4 Å². The van der Waals surface area contributed by atoms with Crippen LogP contribution in [0.3, 0.4) is 0 Å². The minimum atomic E-state index is -0.357. The normalized spacial score (nSPS) is 14.5. The lowest BCUT2D eigenvalue weighted by atomic mass is 10.1. The summed E-state index contributed by atoms with van der Waals surface area (Å²) in [5.41, 5.74) is 1.75. The second-order valence-electron chi connectivity index (χ2n) is 2.70. The van der Waals surface area contributed by atoms with Crippen LogP contribution < -0.4 is 5.32 Å². The number of amides is 2. The van der Waals surface area contributed by atoms with Crippen LogP contribution in [0.15, 0.2) is 16.5 Å². The van der Waals surface area contributed by atoms with Crippen LogP contribution in [0.2, 0.25) is 0 Å². The predicted molar refractivity (Wildman–Crippen MR) is 46.4 cm³/mol. The van der Waals surface area contributed by atoms with Crippen LogP contribution in [0, 0.1) is 0 Å². The van der Waals surface area contributed by atoms with Crippen molar-refractivity contribution in [3.63, 3.8) is 0 Å². The Morgan fingerprint density at radius 2 is 1.46 bits per heavy atom. The third-order valence-corrected chi connectivity index (χ3v) is 2.03. The number of benzene rings is 1. The van der Waals surface area contributed by atoms with E-state index >= 15 is 0 Å². The van der Waals surface area contributed by atoms with Crippen LogP contribution in [-0.4, -0.2) is 11.8 Å². The molecule has 0 aromatic carbocycles. The van der Waals surface area contributed by atoms with Crippen LogP contribution in [0.5, 0.6) is 0 Å². The maximum atomic E-state index is 11.1. The van der Waals surface area contributed by atoms with Gasteiger partial charge in [0.25, 0.3) is 11.8 Å². The largest absolute Gasteiger partial charge is 0.456 e. The van der Waals surface area contributed by atoms with E-state index in [9.17, 15) is 9.59 Å². The summed E-state index contributed by atoms with van der Waals surface area (Å²) in [6.45, 7) is 0. The predicted octanol–water partition coefficient (Wildman–Crippen LogP) is 1.18. The molecule has 0 fully saturated rings. The first-order chi connectivity index (χ1) is 5.77. The lowest BCUT2D eigenvalue weighted by molar-refractivity contribution is 0.0879. The second kappa shape index (κ2) is 2.23. The lowest BCUT2D eigenvalue weighted by Crippen LogP contribution is -2.20. The van der Waals surface area contributed by atoms with Crippen LogP contribution in [0.4, 0.5) is 0 Å². The summed E-state index contributed by atoms with van der Waals surface area (Å²) in [5.74, 6) is -0.714. The van der Waals surface area contributed by atoms with Gasteiger partial charge in [-0.25, -0.2) is 0 Å². The first kappa shape index (κ1) is 8.07. The number of hydrogen-bond donors (Lipinski definition) is 1. The van der Waals surface area contributed by atoms with Gasteiger partial charge in [-0.3, -0.25) is 14.9 Å². The fraction of sp³-hybridized carbons (Fsp3) is 0. The Labute approximate surface area is 78.6 Å². The van der Waals surface area contributed by atoms with E-state index in [2.05, 4.69) is 5.32 Å². The molecule has 5 heteroatoms. The average Bonchev–Trinajstić information content (AvgIpc) is 2.64. The van der Waals surface area contributed by atoms with Crippen LogP contribution in [0.25, 0.3) is 11.2 Å². The maximum absolute atomic E-state index is 11.1. The van der Waals surface area contributed by atoms with Gasteiger partial charge in [-0.15, -0.1) is 12.4 Å². The van der Waals surface area contributed by atoms with Crippen LogP contribution in [0.1, 0.15) is 20.7 Å². The van der Waals surface area contributed by atoms with Crippen molar-refractivity contribution in [3.05, 3.63) is 23.3 Å². The Morgan fingerprint density at radius 1 is 1.00 bits per heavy atom. The van der Waals surface area contributed by atoms with Crippen molar-refractivity contribution in [1.82, 2.24) is 5.32 Å². The zero-order valence-corrected chi connectivity index (χ0v) is 7.10. The van der Waals surface area contributed by atoms with Gasteiger partial charge in [0.05, 0.1) is 11.1 Å². The monoisotopic (exact) mass is 197 g/mol. The van der Waals surface area contributed by atoms with Gasteiger partial charge in [0, 0.05) is 0 Å². The van der Waals surface area contributed by atoms with Crippen LogP contribution >= 0.6 is 12.4 Å². The van der Waals surface area contributed by atoms with E-state index in [0.29, 0.717) is 22.3 Å². The van der Waals surface area contributed by atoms with E-state index in [1.165, 1.54) is 0 Å². The number of hydrogen-bond acceptors (Lipinski definition) is 3. The Bertz CT molecular complexity index is 459. The third kappa shape index (κ3) is 0.754. The fourth-order valence-corrected chi connectivity index (χ4v) is 1.53. The third-order valence-electron chi connectivity index (χ3n) is 2.03. The molecule has 3 rings (SSSR count). The molecule has 1 aliphatic rings. The zero-order valence-electron chi connectivity index (χ0n) is 6.29. The number of imide groups is 1.